The molecule has 110 valence electrons. The third kappa shape index (κ3) is 3.13. The van der Waals surface area contributed by atoms with Crippen molar-refractivity contribution in [2.45, 2.75) is 52.0 Å². The summed E-state index contributed by atoms with van der Waals surface area (Å²) in [6.07, 6.45) is 3.68. The predicted octanol–water partition coefficient (Wildman–Crippen LogP) is 2.56. The number of hydrogen-bond acceptors (Lipinski definition) is 4. The summed E-state index contributed by atoms with van der Waals surface area (Å²) >= 11 is -1.11. The van der Waals surface area contributed by atoms with Crippen molar-refractivity contribution >= 4 is 22.3 Å². The molecule has 2 rings (SSSR count). The lowest BCUT2D eigenvalue weighted by atomic mass is 10.2. The number of aryl methyl sites for hydroxylation is 1. The molecule has 0 radical (unpaired) electrons. The van der Waals surface area contributed by atoms with Crippen molar-refractivity contribution in [2.24, 2.45) is 0 Å². The Hall–Kier alpha value is -1.11. The minimum atomic E-state index is -1.11. The van der Waals surface area contributed by atoms with E-state index >= 15 is 0 Å². The highest BCUT2D eigenvalue weighted by atomic mass is 32.2. The van der Waals surface area contributed by atoms with Crippen molar-refractivity contribution in [1.82, 2.24) is 19.5 Å². The third-order valence-corrected chi connectivity index (χ3v) is 4.81. The van der Waals surface area contributed by atoms with Gasteiger partial charge in [-0.15, -0.1) is 4.72 Å². The molecule has 0 spiro atoms. The molecule has 2 aromatic rings. The Bertz CT molecular complexity index is 590. The van der Waals surface area contributed by atoms with Gasteiger partial charge in [-0.3, -0.25) is 9.67 Å². The summed E-state index contributed by atoms with van der Waals surface area (Å²) in [5, 5.41) is 5.37. The number of hydrogen-bond donors (Lipinski definition) is 1. The van der Waals surface area contributed by atoms with Crippen LogP contribution in [0.4, 0.5) is 0 Å². The molecule has 0 aliphatic heterocycles. The fraction of sp³-hybridized carbons (Fsp3) is 0.571. The van der Waals surface area contributed by atoms with Crippen LogP contribution in [0, 0.1) is 0 Å². The molecule has 2 heterocycles. The SMILES string of the molecule is CCn1ncc2cc(C(C)N[S@+]([O-])C(C)(C)C)ncc21. The van der Waals surface area contributed by atoms with E-state index in [4.69, 9.17) is 0 Å². The maximum atomic E-state index is 12.1. The molecular formula is C14H22N4OS. The van der Waals surface area contributed by atoms with Crippen LogP contribution in [0.15, 0.2) is 18.5 Å². The molecule has 0 saturated heterocycles. The van der Waals surface area contributed by atoms with Gasteiger partial charge in [0.2, 0.25) is 0 Å². The summed E-state index contributed by atoms with van der Waals surface area (Å²) in [6.45, 7) is 10.7. The summed E-state index contributed by atoms with van der Waals surface area (Å²) < 4.78 is 16.9. The van der Waals surface area contributed by atoms with Gasteiger partial charge in [0.25, 0.3) is 0 Å². The Morgan fingerprint density at radius 3 is 2.70 bits per heavy atom. The van der Waals surface area contributed by atoms with Gasteiger partial charge in [0, 0.05) is 23.3 Å². The zero-order chi connectivity index (χ0) is 14.9. The van der Waals surface area contributed by atoms with Crippen LogP contribution in [-0.2, 0) is 17.9 Å². The molecule has 6 heteroatoms. The normalized spacial score (nSPS) is 15.5. The summed E-state index contributed by atoms with van der Waals surface area (Å²) in [6, 6.07) is 1.94. The van der Waals surface area contributed by atoms with E-state index in [1.165, 1.54) is 0 Å². The molecule has 0 amide bonds. The van der Waals surface area contributed by atoms with Crippen molar-refractivity contribution in [3.63, 3.8) is 0 Å². The van der Waals surface area contributed by atoms with Gasteiger partial charge in [-0.25, -0.2) is 0 Å². The van der Waals surface area contributed by atoms with Crippen molar-refractivity contribution in [3.05, 3.63) is 24.2 Å². The monoisotopic (exact) mass is 294 g/mol. The predicted molar refractivity (Wildman–Crippen MR) is 82.6 cm³/mol. The summed E-state index contributed by atoms with van der Waals surface area (Å²) in [5.41, 5.74) is 1.91. The Kier molecular flexibility index (Phi) is 4.36. The van der Waals surface area contributed by atoms with Gasteiger partial charge in [0.05, 0.1) is 29.6 Å². The molecule has 2 aromatic heterocycles. The summed E-state index contributed by atoms with van der Waals surface area (Å²) in [7, 11) is 0. The molecule has 2 atom stereocenters. The standard InChI is InChI=1S/C14H22N4OS/c1-6-18-13-9-15-12(7-11(13)8-16-18)10(2)17-20(19)14(3,4)5/h7-10,17H,6H2,1-5H3/t10?,20-/m1/s1. The third-order valence-electron chi connectivity index (χ3n) is 3.13. The molecule has 0 aromatic carbocycles. The zero-order valence-corrected chi connectivity index (χ0v) is 13.5. The van der Waals surface area contributed by atoms with Crippen LogP contribution in [0.2, 0.25) is 0 Å². The van der Waals surface area contributed by atoms with E-state index in [0.717, 1.165) is 23.1 Å². The van der Waals surface area contributed by atoms with E-state index in [9.17, 15) is 4.55 Å². The van der Waals surface area contributed by atoms with Gasteiger partial charge in [-0.1, -0.05) is 0 Å². The average molecular weight is 294 g/mol. The van der Waals surface area contributed by atoms with Crippen molar-refractivity contribution in [2.75, 3.05) is 0 Å². The van der Waals surface area contributed by atoms with Gasteiger partial charge >= 0.3 is 0 Å². The van der Waals surface area contributed by atoms with Gasteiger partial charge in [0.15, 0.2) is 0 Å². The quantitative estimate of drug-likeness (QED) is 0.880. The second kappa shape index (κ2) is 5.71. The van der Waals surface area contributed by atoms with E-state index in [1.807, 2.05) is 50.8 Å². The summed E-state index contributed by atoms with van der Waals surface area (Å²) in [4.78, 5) is 4.46. The van der Waals surface area contributed by atoms with Crippen LogP contribution >= 0.6 is 0 Å². The molecule has 0 aliphatic rings. The molecule has 5 nitrogen and oxygen atoms in total. The van der Waals surface area contributed by atoms with E-state index in [0.29, 0.717) is 0 Å². The molecule has 0 saturated carbocycles. The Morgan fingerprint density at radius 2 is 2.10 bits per heavy atom. The minimum absolute atomic E-state index is 0.0653. The van der Waals surface area contributed by atoms with Crippen LogP contribution in [0.3, 0.4) is 0 Å². The number of nitrogens with one attached hydrogen (secondary N) is 1. The largest absolute Gasteiger partial charge is 0.598 e. The molecule has 1 unspecified atom stereocenters. The first kappa shape index (κ1) is 15.3. The number of pyridine rings is 1. The molecule has 20 heavy (non-hydrogen) atoms. The number of rotatable bonds is 4. The first-order valence-corrected chi connectivity index (χ1v) is 7.97. The lowest BCUT2D eigenvalue weighted by Crippen LogP contribution is -2.40. The van der Waals surface area contributed by atoms with Crippen LogP contribution in [-0.4, -0.2) is 24.1 Å². The Balaban J connectivity index is 2.20. The molecule has 0 bridgehead atoms. The first-order chi connectivity index (χ1) is 9.32. The second-order valence-electron chi connectivity index (χ2n) is 5.85. The van der Waals surface area contributed by atoms with Crippen LogP contribution in [0.25, 0.3) is 10.9 Å². The van der Waals surface area contributed by atoms with E-state index in [1.54, 1.807) is 0 Å². The summed E-state index contributed by atoms with van der Waals surface area (Å²) in [5.74, 6) is 0. The van der Waals surface area contributed by atoms with Gasteiger partial charge < -0.3 is 4.55 Å². The zero-order valence-electron chi connectivity index (χ0n) is 12.7. The van der Waals surface area contributed by atoms with Gasteiger partial charge in [0.1, 0.15) is 4.75 Å². The van der Waals surface area contributed by atoms with Crippen molar-refractivity contribution < 1.29 is 4.55 Å². The number of nitrogens with zero attached hydrogens (tertiary/aromatic N) is 3. The molecular weight excluding hydrogens is 272 g/mol. The lowest BCUT2D eigenvalue weighted by molar-refractivity contribution is 0.529. The highest BCUT2D eigenvalue weighted by Gasteiger charge is 2.28. The highest BCUT2D eigenvalue weighted by molar-refractivity contribution is 7.90. The Labute approximate surface area is 123 Å². The fourth-order valence-electron chi connectivity index (χ4n) is 1.88. The first-order valence-electron chi connectivity index (χ1n) is 6.82. The Morgan fingerprint density at radius 1 is 1.40 bits per heavy atom. The second-order valence-corrected chi connectivity index (χ2v) is 7.85. The maximum Gasteiger partial charge on any atom is 0.136 e. The smallest absolute Gasteiger partial charge is 0.136 e. The maximum absolute atomic E-state index is 12.1. The van der Waals surface area contributed by atoms with E-state index in [2.05, 4.69) is 21.7 Å². The van der Waals surface area contributed by atoms with E-state index < -0.39 is 11.4 Å². The van der Waals surface area contributed by atoms with Crippen LogP contribution in [0.5, 0.6) is 0 Å². The molecule has 1 N–H and O–H groups in total. The van der Waals surface area contributed by atoms with Crippen molar-refractivity contribution in [1.29, 1.82) is 0 Å². The minimum Gasteiger partial charge on any atom is -0.598 e. The van der Waals surface area contributed by atoms with Crippen LogP contribution in [0.1, 0.15) is 46.4 Å². The fourth-order valence-corrected chi connectivity index (χ4v) is 2.68. The van der Waals surface area contributed by atoms with Crippen LogP contribution < -0.4 is 4.72 Å². The number of aromatic nitrogens is 3. The average Bonchev–Trinajstić information content (AvgIpc) is 2.79. The van der Waals surface area contributed by atoms with Gasteiger partial charge in [-0.05, 0) is 40.7 Å². The molecule has 0 fully saturated rings. The lowest BCUT2D eigenvalue weighted by Gasteiger charge is -2.26. The highest BCUT2D eigenvalue weighted by Crippen LogP contribution is 2.21. The van der Waals surface area contributed by atoms with E-state index in [-0.39, 0.29) is 10.8 Å². The molecule has 0 aliphatic carbocycles. The van der Waals surface area contributed by atoms with Crippen molar-refractivity contribution in [3.8, 4) is 0 Å². The topological polar surface area (TPSA) is 65.8 Å². The number of fused-ring (bicyclic) bond motifs is 1. The van der Waals surface area contributed by atoms with Gasteiger partial charge in [-0.2, -0.15) is 5.10 Å².